The third kappa shape index (κ3) is 4.18. The van der Waals surface area contributed by atoms with Gasteiger partial charge in [0.15, 0.2) is 6.04 Å². The van der Waals surface area contributed by atoms with Crippen molar-refractivity contribution in [2.45, 2.75) is 45.3 Å². The summed E-state index contributed by atoms with van der Waals surface area (Å²) >= 11 is 0. The van der Waals surface area contributed by atoms with Crippen LogP contribution in [0.25, 0.3) is 0 Å². The van der Waals surface area contributed by atoms with Crippen molar-refractivity contribution in [3.8, 4) is 0 Å². The molecule has 6 heteroatoms. The molecule has 4 N–H and O–H groups in total. The van der Waals surface area contributed by atoms with Crippen LogP contribution in [0.3, 0.4) is 0 Å². The Bertz CT molecular complexity index is 306. The Morgan fingerprint density at radius 1 is 1.39 bits per heavy atom. The third-order valence-corrected chi connectivity index (χ3v) is 3.60. The summed E-state index contributed by atoms with van der Waals surface area (Å²) in [6.07, 6.45) is 2.33. The van der Waals surface area contributed by atoms with Crippen molar-refractivity contribution < 1.29 is 19.8 Å². The Morgan fingerprint density at radius 3 is 2.50 bits per heavy atom. The van der Waals surface area contributed by atoms with Gasteiger partial charge in [0, 0.05) is 6.54 Å². The van der Waals surface area contributed by atoms with Gasteiger partial charge in [-0.05, 0) is 25.2 Å². The largest absolute Gasteiger partial charge is 0.480 e. The van der Waals surface area contributed by atoms with Crippen molar-refractivity contribution in [2.24, 2.45) is 11.8 Å². The molecule has 1 aliphatic carbocycles. The number of rotatable bonds is 5. The molecule has 6 nitrogen and oxygen atoms in total. The number of aliphatic hydroxyl groups excluding tert-OH is 1. The molecule has 2 amide bonds. The van der Waals surface area contributed by atoms with E-state index in [-0.39, 0.29) is 0 Å². The third-order valence-electron chi connectivity index (χ3n) is 3.60. The predicted molar refractivity (Wildman–Crippen MR) is 66.1 cm³/mol. The Morgan fingerprint density at radius 2 is 2.06 bits per heavy atom. The Hall–Kier alpha value is -1.30. The zero-order valence-corrected chi connectivity index (χ0v) is 10.8. The van der Waals surface area contributed by atoms with Crippen molar-refractivity contribution in [1.29, 1.82) is 0 Å². The number of urea groups is 1. The lowest BCUT2D eigenvalue weighted by atomic mass is 9.98. The lowest BCUT2D eigenvalue weighted by Crippen LogP contribution is -2.51. The standard InChI is InChI=1S/C12H22N2O4/c1-7-4-3-5-9(7)6-13-12(18)14-10(8(2)15)11(16)17/h7-10,15H,3-6H2,1-2H3,(H,16,17)(H2,13,14,18). The Labute approximate surface area is 107 Å². The summed E-state index contributed by atoms with van der Waals surface area (Å²) in [6, 6.07) is -1.81. The second-order valence-electron chi connectivity index (χ2n) is 5.08. The first-order chi connectivity index (χ1) is 8.41. The summed E-state index contributed by atoms with van der Waals surface area (Å²) in [5.74, 6) is -0.183. The molecule has 0 aliphatic heterocycles. The number of carboxylic acid groups (broad SMARTS) is 1. The smallest absolute Gasteiger partial charge is 0.328 e. The molecule has 1 aliphatic rings. The first kappa shape index (κ1) is 14.8. The van der Waals surface area contributed by atoms with E-state index in [1.54, 1.807) is 0 Å². The van der Waals surface area contributed by atoms with Crippen LogP contribution in [-0.2, 0) is 4.79 Å². The van der Waals surface area contributed by atoms with Crippen molar-refractivity contribution in [2.75, 3.05) is 6.54 Å². The SMILES string of the molecule is CC(O)C(NC(=O)NCC1CCCC1C)C(=O)O. The van der Waals surface area contributed by atoms with E-state index < -0.39 is 24.1 Å². The van der Waals surface area contributed by atoms with Crippen LogP contribution in [0.5, 0.6) is 0 Å². The van der Waals surface area contributed by atoms with Crippen LogP contribution in [0, 0.1) is 11.8 Å². The van der Waals surface area contributed by atoms with Crippen LogP contribution in [0.2, 0.25) is 0 Å². The molecule has 0 heterocycles. The van der Waals surface area contributed by atoms with Crippen LogP contribution in [0.15, 0.2) is 0 Å². The maximum atomic E-state index is 11.5. The van der Waals surface area contributed by atoms with Crippen molar-refractivity contribution >= 4 is 12.0 Å². The second-order valence-corrected chi connectivity index (χ2v) is 5.08. The van der Waals surface area contributed by atoms with E-state index in [1.807, 2.05) is 0 Å². The molecule has 0 aromatic heterocycles. The summed E-state index contributed by atoms with van der Waals surface area (Å²) in [4.78, 5) is 22.3. The molecule has 0 aromatic carbocycles. The zero-order chi connectivity index (χ0) is 13.7. The normalized spacial score (nSPS) is 26.4. The zero-order valence-electron chi connectivity index (χ0n) is 10.8. The van der Waals surface area contributed by atoms with E-state index >= 15 is 0 Å². The maximum Gasteiger partial charge on any atom is 0.328 e. The van der Waals surface area contributed by atoms with Crippen molar-refractivity contribution in [3.63, 3.8) is 0 Å². The molecule has 1 fully saturated rings. The van der Waals surface area contributed by atoms with Gasteiger partial charge in [-0.25, -0.2) is 9.59 Å². The fraction of sp³-hybridized carbons (Fsp3) is 0.833. The second kappa shape index (κ2) is 6.58. The lowest BCUT2D eigenvalue weighted by Gasteiger charge is -2.20. The van der Waals surface area contributed by atoms with E-state index in [0.717, 1.165) is 6.42 Å². The first-order valence-corrected chi connectivity index (χ1v) is 6.37. The molecule has 0 saturated heterocycles. The highest BCUT2D eigenvalue weighted by Crippen LogP contribution is 2.30. The van der Waals surface area contributed by atoms with Gasteiger partial charge in [-0.3, -0.25) is 0 Å². The van der Waals surface area contributed by atoms with Gasteiger partial charge in [0.05, 0.1) is 6.10 Å². The molecule has 4 atom stereocenters. The number of carbonyl (C=O) groups excluding carboxylic acids is 1. The molecule has 1 rings (SSSR count). The summed E-state index contributed by atoms with van der Waals surface area (Å²) in [5, 5.41) is 23.0. The van der Waals surface area contributed by atoms with Crippen LogP contribution in [0.4, 0.5) is 4.79 Å². The number of carbonyl (C=O) groups is 2. The number of hydrogen-bond donors (Lipinski definition) is 4. The average molecular weight is 258 g/mol. The minimum absolute atomic E-state index is 0.463. The number of carboxylic acids is 1. The van der Waals surface area contributed by atoms with Crippen LogP contribution >= 0.6 is 0 Å². The molecule has 4 unspecified atom stereocenters. The molecule has 0 radical (unpaired) electrons. The summed E-state index contributed by atoms with van der Waals surface area (Å²) < 4.78 is 0. The number of amides is 2. The van der Waals surface area contributed by atoms with Gasteiger partial charge in [0.2, 0.25) is 0 Å². The summed E-state index contributed by atoms with van der Waals surface area (Å²) in [7, 11) is 0. The molecule has 104 valence electrons. The molecular weight excluding hydrogens is 236 g/mol. The quantitative estimate of drug-likeness (QED) is 0.579. The van der Waals surface area contributed by atoms with Gasteiger partial charge in [0.25, 0.3) is 0 Å². The monoisotopic (exact) mass is 258 g/mol. The number of hydrogen-bond acceptors (Lipinski definition) is 3. The van der Waals surface area contributed by atoms with Gasteiger partial charge in [0.1, 0.15) is 0 Å². The average Bonchev–Trinajstić information content (AvgIpc) is 2.68. The minimum atomic E-state index is -1.27. The lowest BCUT2D eigenvalue weighted by molar-refractivity contribution is -0.141. The van der Waals surface area contributed by atoms with Crippen LogP contribution < -0.4 is 10.6 Å². The first-order valence-electron chi connectivity index (χ1n) is 6.37. The topological polar surface area (TPSA) is 98.7 Å². The summed E-state index contributed by atoms with van der Waals surface area (Å²) in [6.45, 7) is 4.05. The van der Waals surface area contributed by atoms with E-state index in [9.17, 15) is 14.7 Å². The summed E-state index contributed by atoms with van der Waals surface area (Å²) in [5.41, 5.74) is 0. The molecule has 18 heavy (non-hydrogen) atoms. The molecule has 0 aromatic rings. The van der Waals surface area contributed by atoms with Crippen molar-refractivity contribution in [1.82, 2.24) is 10.6 Å². The van der Waals surface area contributed by atoms with E-state index in [4.69, 9.17) is 5.11 Å². The molecule has 0 bridgehead atoms. The van der Waals surface area contributed by atoms with Gasteiger partial charge >= 0.3 is 12.0 Å². The Balaban J connectivity index is 2.34. The molecular formula is C12H22N2O4. The maximum absolute atomic E-state index is 11.5. The van der Waals surface area contributed by atoms with Gasteiger partial charge in [-0.15, -0.1) is 0 Å². The molecule has 0 spiro atoms. The van der Waals surface area contributed by atoms with Crippen molar-refractivity contribution in [3.05, 3.63) is 0 Å². The van der Waals surface area contributed by atoms with E-state index in [2.05, 4.69) is 17.6 Å². The highest BCUT2D eigenvalue weighted by Gasteiger charge is 2.26. The van der Waals surface area contributed by atoms with Gasteiger partial charge in [-0.2, -0.15) is 0 Å². The number of nitrogens with one attached hydrogen (secondary N) is 2. The minimum Gasteiger partial charge on any atom is -0.480 e. The van der Waals surface area contributed by atoms with E-state index in [1.165, 1.54) is 19.8 Å². The number of aliphatic hydroxyl groups is 1. The number of aliphatic carboxylic acids is 1. The van der Waals surface area contributed by atoms with Crippen LogP contribution in [-0.4, -0.2) is 40.9 Å². The fourth-order valence-electron chi connectivity index (χ4n) is 2.33. The van der Waals surface area contributed by atoms with Crippen LogP contribution in [0.1, 0.15) is 33.1 Å². The molecule has 1 saturated carbocycles. The predicted octanol–water partition coefficient (Wildman–Crippen LogP) is 0.556. The highest BCUT2D eigenvalue weighted by molar-refractivity contribution is 5.82. The van der Waals surface area contributed by atoms with Gasteiger partial charge in [-0.1, -0.05) is 19.8 Å². The fourth-order valence-corrected chi connectivity index (χ4v) is 2.33. The Kier molecular flexibility index (Phi) is 5.40. The van der Waals surface area contributed by atoms with E-state index in [0.29, 0.717) is 18.4 Å². The van der Waals surface area contributed by atoms with Gasteiger partial charge < -0.3 is 20.8 Å². The highest BCUT2D eigenvalue weighted by atomic mass is 16.4.